The first-order valence-electron chi connectivity index (χ1n) is 5.99. The molecule has 0 aliphatic carbocycles. The van der Waals surface area contributed by atoms with Gasteiger partial charge in [0.25, 0.3) is 0 Å². The lowest BCUT2D eigenvalue weighted by atomic mass is 9.96. The summed E-state index contributed by atoms with van der Waals surface area (Å²) in [5.74, 6) is 0.520. The second kappa shape index (κ2) is 5.28. The molecule has 0 aromatic heterocycles. The quantitative estimate of drug-likeness (QED) is 0.705. The van der Waals surface area contributed by atoms with Crippen LogP contribution in [0.2, 0.25) is 15.1 Å². The lowest BCUT2D eigenvalue weighted by Gasteiger charge is -2.26. The van der Waals surface area contributed by atoms with Crippen molar-refractivity contribution in [2.75, 3.05) is 0 Å². The van der Waals surface area contributed by atoms with Gasteiger partial charge in [0.05, 0.1) is 12.0 Å². The van der Waals surface area contributed by atoms with Gasteiger partial charge in [-0.25, -0.2) is 0 Å². The first-order valence-corrected chi connectivity index (χ1v) is 7.12. The minimum Gasteiger partial charge on any atom is -0.484 e. The molecule has 0 bridgehead atoms. The number of hydrogen-bond donors (Lipinski definition) is 0. The summed E-state index contributed by atoms with van der Waals surface area (Å²) in [7, 11) is 0. The van der Waals surface area contributed by atoms with E-state index in [1.807, 2.05) is 0 Å². The van der Waals surface area contributed by atoms with Crippen LogP contribution in [-0.2, 0) is 0 Å². The van der Waals surface area contributed by atoms with Crippen molar-refractivity contribution in [1.82, 2.24) is 0 Å². The largest absolute Gasteiger partial charge is 0.484 e. The number of hydrogen-bond acceptors (Lipinski definition) is 2. The molecule has 2 aromatic rings. The Bertz CT molecular complexity index is 698. The summed E-state index contributed by atoms with van der Waals surface area (Å²) >= 11 is 17.9. The van der Waals surface area contributed by atoms with Gasteiger partial charge < -0.3 is 4.74 Å². The average Bonchev–Trinajstić information content (AvgIpc) is 2.39. The van der Waals surface area contributed by atoms with Crippen LogP contribution < -0.4 is 4.74 Å². The van der Waals surface area contributed by atoms with E-state index in [4.69, 9.17) is 39.5 Å². The number of fused-ring (bicyclic) bond motifs is 1. The van der Waals surface area contributed by atoms with Crippen molar-refractivity contribution in [3.63, 3.8) is 0 Å². The van der Waals surface area contributed by atoms with E-state index in [1.165, 1.54) is 0 Å². The lowest BCUT2D eigenvalue weighted by Crippen LogP contribution is -2.20. The molecule has 2 aromatic carbocycles. The van der Waals surface area contributed by atoms with Crippen molar-refractivity contribution in [3.8, 4) is 5.75 Å². The molecule has 2 nitrogen and oxygen atoms in total. The van der Waals surface area contributed by atoms with Crippen LogP contribution in [0, 0.1) is 0 Å². The van der Waals surface area contributed by atoms with Crippen LogP contribution in [-0.4, -0.2) is 5.78 Å². The molecule has 0 N–H and O–H groups in total. The first kappa shape index (κ1) is 13.7. The summed E-state index contributed by atoms with van der Waals surface area (Å²) in [4.78, 5) is 12.2. The first-order chi connectivity index (χ1) is 9.54. The van der Waals surface area contributed by atoms with Crippen LogP contribution in [0.25, 0.3) is 0 Å². The molecular weight excluding hydrogens is 319 g/mol. The molecule has 1 atom stereocenters. The highest BCUT2D eigenvalue weighted by molar-refractivity contribution is 6.35. The fraction of sp³-hybridized carbons (Fsp3) is 0.133. The molecule has 0 amide bonds. The summed E-state index contributed by atoms with van der Waals surface area (Å²) in [5.41, 5.74) is 1.27. The zero-order chi connectivity index (χ0) is 14.3. The zero-order valence-corrected chi connectivity index (χ0v) is 12.5. The molecule has 0 unspecified atom stereocenters. The van der Waals surface area contributed by atoms with Crippen LogP contribution in [0.5, 0.6) is 5.75 Å². The van der Waals surface area contributed by atoms with Gasteiger partial charge in [0, 0.05) is 20.6 Å². The van der Waals surface area contributed by atoms with Crippen LogP contribution in [0.3, 0.4) is 0 Å². The van der Waals surface area contributed by atoms with E-state index in [-0.39, 0.29) is 12.2 Å². The van der Waals surface area contributed by atoms with Crippen molar-refractivity contribution in [1.29, 1.82) is 0 Å². The Balaban J connectivity index is 1.99. The third-order valence-corrected chi connectivity index (χ3v) is 3.99. The average molecular weight is 328 g/mol. The molecule has 20 heavy (non-hydrogen) atoms. The molecular formula is C15H9Cl3O2. The van der Waals surface area contributed by atoms with Crippen molar-refractivity contribution >= 4 is 40.6 Å². The molecule has 1 aliphatic rings. The number of rotatable bonds is 1. The van der Waals surface area contributed by atoms with Crippen molar-refractivity contribution in [2.24, 2.45) is 0 Å². The third kappa shape index (κ3) is 2.51. The fourth-order valence-electron chi connectivity index (χ4n) is 2.23. The second-order valence-electron chi connectivity index (χ2n) is 4.54. The SMILES string of the molecule is O=C1C[C@H](c2ccc(Cl)cc2Cl)Oc2ccc(Cl)cc21. The van der Waals surface area contributed by atoms with Gasteiger partial charge in [-0.05, 0) is 30.3 Å². The van der Waals surface area contributed by atoms with Crippen molar-refractivity contribution in [3.05, 3.63) is 62.6 Å². The summed E-state index contributed by atoms with van der Waals surface area (Å²) in [6.07, 6.45) is -0.171. The summed E-state index contributed by atoms with van der Waals surface area (Å²) in [5, 5.41) is 1.56. The number of Topliss-reactive ketones (excluding diaryl/α,β-unsaturated/α-hetero) is 1. The normalized spacial score (nSPS) is 17.6. The maximum Gasteiger partial charge on any atom is 0.170 e. The predicted molar refractivity (Wildman–Crippen MR) is 80.2 cm³/mol. The van der Waals surface area contributed by atoms with Gasteiger partial charge in [0.2, 0.25) is 0 Å². The van der Waals surface area contributed by atoms with Gasteiger partial charge in [0.15, 0.2) is 5.78 Å². The molecule has 0 saturated heterocycles. The van der Waals surface area contributed by atoms with E-state index < -0.39 is 6.10 Å². The number of carbonyl (C=O) groups is 1. The Morgan fingerprint density at radius 2 is 1.70 bits per heavy atom. The second-order valence-corrected chi connectivity index (χ2v) is 5.82. The van der Waals surface area contributed by atoms with E-state index in [2.05, 4.69) is 0 Å². The lowest BCUT2D eigenvalue weighted by molar-refractivity contribution is 0.0850. The van der Waals surface area contributed by atoms with Gasteiger partial charge in [-0.3, -0.25) is 4.79 Å². The van der Waals surface area contributed by atoms with Crippen molar-refractivity contribution < 1.29 is 9.53 Å². The Kier molecular flexibility index (Phi) is 3.63. The maximum absolute atomic E-state index is 12.2. The number of ether oxygens (including phenoxy) is 1. The molecule has 1 heterocycles. The summed E-state index contributed by atoms with van der Waals surface area (Å²) in [6, 6.07) is 10.2. The van der Waals surface area contributed by atoms with Gasteiger partial charge in [-0.15, -0.1) is 0 Å². The molecule has 0 saturated carbocycles. The highest BCUT2D eigenvalue weighted by Crippen LogP contribution is 2.38. The Morgan fingerprint density at radius 3 is 2.45 bits per heavy atom. The van der Waals surface area contributed by atoms with Crippen molar-refractivity contribution in [2.45, 2.75) is 12.5 Å². The molecule has 3 rings (SSSR count). The van der Waals surface area contributed by atoms with E-state index in [0.717, 1.165) is 5.56 Å². The molecule has 0 fully saturated rings. The molecule has 102 valence electrons. The summed E-state index contributed by atoms with van der Waals surface area (Å²) in [6.45, 7) is 0. The maximum atomic E-state index is 12.2. The van der Waals surface area contributed by atoms with Gasteiger partial charge in [-0.2, -0.15) is 0 Å². The van der Waals surface area contributed by atoms with E-state index in [9.17, 15) is 4.79 Å². The Hall–Kier alpha value is -1.22. The fourth-order valence-corrected chi connectivity index (χ4v) is 2.93. The van der Waals surface area contributed by atoms with E-state index in [1.54, 1.807) is 36.4 Å². The van der Waals surface area contributed by atoms with Gasteiger partial charge in [-0.1, -0.05) is 40.9 Å². The molecule has 0 spiro atoms. The third-order valence-electron chi connectivity index (χ3n) is 3.19. The van der Waals surface area contributed by atoms with Crippen LogP contribution >= 0.6 is 34.8 Å². The monoisotopic (exact) mass is 326 g/mol. The number of halogens is 3. The Morgan fingerprint density at radius 1 is 1.00 bits per heavy atom. The minimum absolute atomic E-state index is 0.00948. The van der Waals surface area contributed by atoms with Crippen LogP contribution in [0.15, 0.2) is 36.4 Å². The molecule has 0 radical (unpaired) electrons. The predicted octanol–water partition coefficient (Wildman–Crippen LogP) is 5.35. The topological polar surface area (TPSA) is 26.3 Å². The van der Waals surface area contributed by atoms with Gasteiger partial charge in [0.1, 0.15) is 11.9 Å². The smallest absolute Gasteiger partial charge is 0.170 e. The summed E-state index contributed by atoms with van der Waals surface area (Å²) < 4.78 is 5.86. The highest BCUT2D eigenvalue weighted by Gasteiger charge is 2.29. The number of benzene rings is 2. The number of carbonyl (C=O) groups excluding carboxylic acids is 1. The van der Waals surface area contributed by atoms with Crippen LogP contribution in [0.4, 0.5) is 0 Å². The van der Waals surface area contributed by atoms with E-state index in [0.29, 0.717) is 26.4 Å². The highest BCUT2D eigenvalue weighted by atomic mass is 35.5. The zero-order valence-electron chi connectivity index (χ0n) is 10.2. The Labute approximate surface area is 131 Å². The minimum atomic E-state index is -0.402. The standard InChI is InChI=1S/C15H9Cl3O2/c16-8-2-4-14-11(5-8)13(19)7-15(20-14)10-3-1-9(17)6-12(10)18/h1-6,15H,7H2/t15-/m1/s1. The van der Waals surface area contributed by atoms with Gasteiger partial charge >= 0.3 is 0 Å². The molecule has 1 aliphatic heterocycles. The molecule has 5 heteroatoms. The van der Waals surface area contributed by atoms with Crippen LogP contribution in [0.1, 0.15) is 28.4 Å². The number of ketones is 1. The van der Waals surface area contributed by atoms with E-state index >= 15 is 0 Å².